The molecule has 1 aliphatic rings. The Labute approximate surface area is 93.1 Å². The number of aliphatic hydroxyl groups excluding tert-OH is 1. The molecule has 2 unspecified atom stereocenters. The molecular formula is C10H23ClN2O. The maximum atomic E-state index is 9.54. The molecule has 3 nitrogen and oxygen atoms in total. The molecule has 86 valence electrons. The van der Waals surface area contributed by atoms with Gasteiger partial charge in [-0.15, -0.1) is 12.4 Å². The van der Waals surface area contributed by atoms with Crippen molar-refractivity contribution in [3.05, 3.63) is 0 Å². The predicted octanol–water partition coefficient (Wildman–Crippen LogP) is 0.848. The van der Waals surface area contributed by atoms with Gasteiger partial charge in [0.15, 0.2) is 0 Å². The highest BCUT2D eigenvalue weighted by Crippen LogP contribution is 2.17. The molecule has 0 saturated carbocycles. The summed E-state index contributed by atoms with van der Waals surface area (Å²) >= 11 is 0. The summed E-state index contributed by atoms with van der Waals surface area (Å²) in [7, 11) is 0. The maximum absolute atomic E-state index is 9.54. The van der Waals surface area contributed by atoms with Gasteiger partial charge in [0.25, 0.3) is 0 Å². The van der Waals surface area contributed by atoms with Crippen LogP contribution < -0.4 is 5.73 Å². The smallest absolute Gasteiger partial charge is 0.0590 e. The number of piperidine rings is 1. The first kappa shape index (κ1) is 14.2. The van der Waals surface area contributed by atoms with Crippen LogP contribution in [0.5, 0.6) is 0 Å². The van der Waals surface area contributed by atoms with Gasteiger partial charge in [-0.2, -0.15) is 0 Å². The number of nitrogens with two attached hydrogens (primary N) is 1. The molecule has 0 aromatic heterocycles. The number of halogens is 1. The first-order chi connectivity index (χ1) is 5.88. The second kappa shape index (κ2) is 5.31. The van der Waals surface area contributed by atoms with E-state index in [0.29, 0.717) is 5.92 Å². The zero-order chi connectivity index (χ0) is 10.1. The molecule has 2 atom stereocenters. The largest absolute Gasteiger partial charge is 0.393 e. The third-order valence-electron chi connectivity index (χ3n) is 2.58. The molecule has 1 heterocycles. The van der Waals surface area contributed by atoms with Crippen molar-refractivity contribution >= 4 is 12.4 Å². The Bertz CT molecular complexity index is 170. The van der Waals surface area contributed by atoms with Crippen molar-refractivity contribution < 1.29 is 5.11 Å². The topological polar surface area (TPSA) is 49.5 Å². The van der Waals surface area contributed by atoms with Crippen molar-refractivity contribution in [2.75, 3.05) is 19.6 Å². The summed E-state index contributed by atoms with van der Waals surface area (Å²) in [5.41, 5.74) is 5.82. The minimum atomic E-state index is -0.123. The SMILES string of the molecule is CC1CN(CC(C)(C)N)CCC1O.Cl. The zero-order valence-corrected chi connectivity index (χ0v) is 10.2. The van der Waals surface area contributed by atoms with E-state index >= 15 is 0 Å². The van der Waals surface area contributed by atoms with Gasteiger partial charge < -0.3 is 15.7 Å². The molecule has 0 aromatic carbocycles. The summed E-state index contributed by atoms with van der Waals surface area (Å²) in [5, 5.41) is 9.54. The molecule has 0 aliphatic carbocycles. The van der Waals surface area contributed by atoms with Gasteiger partial charge in [0, 0.05) is 25.2 Å². The van der Waals surface area contributed by atoms with Gasteiger partial charge in [0.2, 0.25) is 0 Å². The molecule has 1 aliphatic heterocycles. The highest BCUT2D eigenvalue weighted by molar-refractivity contribution is 5.85. The molecule has 0 spiro atoms. The lowest BCUT2D eigenvalue weighted by molar-refractivity contribution is 0.0287. The Kier molecular flexibility index (Phi) is 5.37. The van der Waals surface area contributed by atoms with Crippen LogP contribution in [0.3, 0.4) is 0 Å². The van der Waals surface area contributed by atoms with Crippen LogP contribution >= 0.6 is 12.4 Å². The third kappa shape index (κ3) is 4.60. The number of likely N-dealkylation sites (tertiary alicyclic amines) is 1. The zero-order valence-electron chi connectivity index (χ0n) is 9.36. The van der Waals surface area contributed by atoms with Crippen LogP contribution in [0, 0.1) is 5.92 Å². The minimum absolute atomic E-state index is 0. The minimum Gasteiger partial charge on any atom is -0.393 e. The first-order valence-corrected chi connectivity index (χ1v) is 5.08. The van der Waals surface area contributed by atoms with E-state index in [9.17, 15) is 5.11 Å². The van der Waals surface area contributed by atoms with Crippen LogP contribution in [0.4, 0.5) is 0 Å². The number of hydrogen-bond donors (Lipinski definition) is 2. The highest BCUT2D eigenvalue weighted by atomic mass is 35.5. The quantitative estimate of drug-likeness (QED) is 0.729. The molecule has 1 rings (SSSR count). The molecule has 14 heavy (non-hydrogen) atoms. The van der Waals surface area contributed by atoms with Crippen LogP contribution in [0.15, 0.2) is 0 Å². The lowest BCUT2D eigenvalue weighted by Crippen LogP contribution is -2.50. The van der Waals surface area contributed by atoms with Gasteiger partial charge in [-0.25, -0.2) is 0 Å². The molecule has 1 fully saturated rings. The summed E-state index contributed by atoms with van der Waals surface area (Å²) < 4.78 is 0. The summed E-state index contributed by atoms with van der Waals surface area (Å²) in [6, 6.07) is 0. The Morgan fingerprint density at radius 3 is 2.50 bits per heavy atom. The van der Waals surface area contributed by atoms with Gasteiger partial charge in [0.05, 0.1) is 6.10 Å². The standard InChI is InChI=1S/C10H22N2O.ClH/c1-8-6-12(5-4-9(8)13)7-10(2,3)11;/h8-9,13H,4-7,11H2,1-3H3;1H. The van der Waals surface area contributed by atoms with Crippen molar-refractivity contribution in [3.8, 4) is 0 Å². The molecular weight excluding hydrogens is 200 g/mol. The molecule has 1 saturated heterocycles. The summed E-state index contributed by atoms with van der Waals surface area (Å²) in [4.78, 5) is 2.34. The van der Waals surface area contributed by atoms with Crippen LogP contribution in [-0.4, -0.2) is 41.3 Å². The maximum Gasteiger partial charge on any atom is 0.0590 e. The van der Waals surface area contributed by atoms with Crippen molar-refractivity contribution in [1.29, 1.82) is 0 Å². The van der Waals surface area contributed by atoms with Gasteiger partial charge in [-0.1, -0.05) is 6.92 Å². The summed E-state index contributed by atoms with van der Waals surface area (Å²) in [6.07, 6.45) is 0.772. The molecule has 0 bridgehead atoms. The summed E-state index contributed by atoms with van der Waals surface area (Å²) in [5.74, 6) is 0.385. The summed E-state index contributed by atoms with van der Waals surface area (Å²) in [6.45, 7) is 9.06. The van der Waals surface area contributed by atoms with E-state index in [1.54, 1.807) is 0 Å². The van der Waals surface area contributed by atoms with Crippen molar-refractivity contribution in [2.24, 2.45) is 11.7 Å². The van der Waals surface area contributed by atoms with Crippen LogP contribution in [0.25, 0.3) is 0 Å². The number of nitrogens with zero attached hydrogens (tertiary/aromatic N) is 1. The number of aliphatic hydroxyl groups is 1. The normalized spacial score (nSPS) is 29.8. The first-order valence-electron chi connectivity index (χ1n) is 5.08. The highest BCUT2D eigenvalue weighted by Gasteiger charge is 2.26. The second-order valence-electron chi connectivity index (χ2n) is 5.06. The monoisotopic (exact) mass is 222 g/mol. The predicted molar refractivity (Wildman–Crippen MR) is 61.7 cm³/mol. The van der Waals surface area contributed by atoms with E-state index in [1.165, 1.54) is 0 Å². The lowest BCUT2D eigenvalue weighted by atomic mass is 9.95. The van der Waals surface area contributed by atoms with E-state index in [2.05, 4.69) is 11.8 Å². The van der Waals surface area contributed by atoms with E-state index in [0.717, 1.165) is 26.1 Å². The fraction of sp³-hybridized carbons (Fsp3) is 1.00. The van der Waals surface area contributed by atoms with E-state index < -0.39 is 0 Å². The average Bonchev–Trinajstić information content (AvgIpc) is 1.94. The average molecular weight is 223 g/mol. The van der Waals surface area contributed by atoms with Crippen LogP contribution in [0.2, 0.25) is 0 Å². The third-order valence-corrected chi connectivity index (χ3v) is 2.58. The van der Waals surface area contributed by atoms with Crippen molar-refractivity contribution in [3.63, 3.8) is 0 Å². The molecule has 0 aromatic rings. The molecule has 3 N–H and O–H groups in total. The van der Waals surface area contributed by atoms with Gasteiger partial charge in [0.1, 0.15) is 0 Å². The number of hydrogen-bond acceptors (Lipinski definition) is 3. The Balaban J connectivity index is 0.00000169. The fourth-order valence-corrected chi connectivity index (χ4v) is 1.94. The van der Waals surface area contributed by atoms with Gasteiger partial charge in [-0.05, 0) is 26.2 Å². The van der Waals surface area contributed by atoms with Gasteiger partial charge >= 0.3 is 0 Å². The van der Waals surface area contributed by atoms with Crippen LogP contribution in [-0.2, 0) is 0 Å². The molecule has 4 heteroatoms. The van der Waals surface area contributed by atoms with Crippen molar-refractivity contribution in [2.45, 2.75) is 38.8 Å². The Morgan fingerprint density at radius 1 is 1.50 bits per heavy atom. The second-order valence-corrected chi connectivity index (χ2v) is 5.06. The van der Waals surface area contributed by atoms with Crippen molar-refractivity contribution in [1.82, 2.24) is 4.90 Å². The Morgan fingerprint density at radius 2 is 2.07 bits per heavy atom. The van der Waals surface area contributed by atoms with E-state index in [4.69, 9.17) is 5.73 Å². The number of rotatable bonds is 2. The fourth-order valence-electron chi connectivity index (χ4n) is 1.94. The van der Waals surface area contributed by atoms with Gasteiger partial charge in [-0.3, -0.25) is 0 Å². The molecule has 0 radical (unpaired) electrons. The lowest BCUT2D eigenvalue weighted by Gasteiger charge is -2.37. The van der Waals surface area contributed by atoms with E-state index in [1.807, 2.05) is 13.8 Å². The van der Waals surface area contributed by atoms with Crippen LogP contribution in [0.1, 0.15) is 27.2 Å². The van der Waals surface area contributed by atoms with E-state index in [-0.39, 0.29) is 24.0 Å². The Hall–Kier alpha value is 0.170. The molecule has 0 amide bonds.